The zero-order valence-corrected chi connectivity index (χ0v) is 22.5. The molecule has 3 aromatic rings. The van der Waals surface area contributed by atoms with Gasteiger partial charge < -0.3 is 15.4 Å². The Morgan fingerprint density at radius 2 is 1.86 bits per heavy atom. The van der Waals surface area contributed by atoms with Crippen LogP contribution in [-0.2, 0) is 11.0 Å². The Morgan fingerprint density at radius 3 is 2.49 bits per heavy atom. The normalized spacial score (nSPS) is 15.9. The topological polar surface area (TPSA) is 147 Å². The Balaban J connectivity index is 1.57. The number of halogens is 4. The van der Waals surface area contributed by atoms with Crippen LogP contribution in [0.3, 0.4) is 0 Å². The molecule has 2 atom stereocenters. The van der Waals surface area contributed by atoms with Gasteiger partial charge in [-0.3, -0.25) is 11.1 Å². The largest absolute Gasteiger partial charge is 0.470 e. The molecule has 1 aliphatic heterocycles. The Bertz CT molecular complexity index is 1350. The van der Waals surface area contributed by atoms with Crippen molar-refractivity contribution < 1.29 is 13.3 Å². The second kappa shape index (κ2) is 11.4. The standard InChI is InChI=1S/C22H22Cl3FN8O2S/c1-37(35)34-4-2-33(3-5-34)22-15(26)6-11(9-30-22)19(28)12-7-17(13(23)8-16(12)27)36-21(29)18-14(24)10-31-32-20(18)25/h6-10,21,28H,2-5,27,29H2,1H3/t21-,37?/m0/s1. The number of rotatable bonds is 7. The summed E-state index contributed by atoms with van der Waals surface area (Å²) in [5.74, 6) is -0.325. The summed E-state index contributed by atoms with van der Waals surface area (Å²) >= 11 is 18.5. The minimum absolute atomic E-state index is 0.0365. The van der Waals surface area contributed by atoms with E-state index in [0.717, 1.165) is 0 Å². The summed E-state index contributed by atoms with van der Waals surface area (Å²) in [6, 6.07) is 4.04. The molecule has 0 radical (unpaired) electrons. The molecule has 5 N–H and O–H groups in total. The van der Waals surface area contributed by atoms with Crippen molar-refractivity contribution in [2.45, 2.75) is 6.23 Å². The molecule has 196 valence electrons. The third-order valence-corrected chi connectivity index (χ3v) is 7.69. The maximum atomic E-state index is 15.0. The predicted octanol–water partition coefficient (Wildman–Crippen LogP) is 3.42. The molecular weight excluding hydrogens is 566 g/mol. The molecule has 3 heterocycles. The van der Waals surface area contributed by atoms with E-state index in [1.165, 1.54) is 30.6 Å². The first-order valence-electron chi connectivity index (χ1n) is 10.8. The van der Waals surface area contributed by atoms with Crippen molar-refractivity contribution in [3.05, 3.63) is 68.3 Å². The van der Waals surface area contributed by atoms with Gasteiger partial charge in [0.25, 0.3) is 0 Å². The van der Waals surface area contributed by atoms with Crippen molar-refractivity contribution in [3.8, 4) is 5.75 Å². The monoisotopic (exact) mass is 586 g/mol. The van der Waals surface area contributed by atoms with E-state index < -0.39 is 23.0 Å². The summed E-state index contributed by atoms with van der Waals surface area (Å²) in [7, 11) is -1.08. The molecule has 0 aliphatic carbocycles. The van der Waals surface area contributed by atoms with Crippen molar-refractivity contribution in [2.24, 2.45) is 5.73 Å². The lowest BCUT2D eigenvalue weighted by Gasteiger charge is -2.33. The van der Waals surface area contributed by atoms with Gasteiger partial charge in [0.2, 0.25) is 0 Å². The molecule has 15 heteroatoms. The SMILES string of the molecule is CS(=O)N1CCN(c2ncc(C(=N)c3cc(O[C@H](N)c4c(Cl)cnnc4Cl)c(Cl)cc3N)cc2F)CC1. The Morgan fingerprint density at radius 1 is 1.16 bits per heavy atom. The van der Waals surface area contributed by atoms with Crippen LogP contribution < -0.4 is 21.1 Å². The van der Waals surface area contributed by atoms with E-state index in [1.807, 2.05) is 0 Å². The zero-order chi connectivity index (χ0) is 26.9. The number of pyridine rings is 1. The fourth-order valence-electron chi connectivity index (χ4n) is 3.79. The van der Waals surface area contributed by atoms with Crippen molar-refractivity contribution in [1.29, 1.82) is 5.41 Å². The number of nitrogens with two attached hydrogens (primary N) is 2. The summed E-state index contributed by atoms with van der Waals surface area (Å²) in [5, 5.41) is 16.2. The van der Waals surface area contributed by atoms with Gasteiger partial charge in [0.05, 0.1) is 38.5 Å². The highest BCUT2D eigenvalue weighted by Gasteiger charge is 2.24. The van der Waals surface area contributed by atoms with Crippen LogP contribution in [0.1, 0.15) is 22.9 Å². The first-order valence-corrected chi connectivity index (χ1v) is 13.5. The van der Waals surface area contributed by atoms with Crippen molar-refractivity contribution in [2.75, 3.05) is 43.1 Å². The van der Waals surface area contributed by atoms with Crippen molar-refractivity contribution in [3.63, 3.8) is 0 Å². The predicted molar refractivity (Wildman–Crippen MR) is 143 cm³/mol. The van der Waals surface area contributed by atoms with Crippen LogP contribution in [0, 0.1) is 11.2 Å². The number of piperazine rings is 1. The fraction of sp³-hybridized carbons (Fsp3) is 0.273. The molecule has 2 aromatic heterocycles. The molecule has 1 aromatic carbocycles. The van der Waals surface area contributed by atoms with E-state index in [9.17, 15) is 4.21 Å². The third-order valence-electron chi connectivity index (χ3n) is 5.72. The highest BCUT2D eigenvalue weighted by Crippen LogP contribution is 2.35. The number of hydrogen-bond donors (Lipinski definition) is 3. The maximum Gasteiger partial charge on any atom is 0.178 e. The molecule has 0 bridgehead atoms. The summed E-state index contributed by atoms with van der Waals surface area (Å²) in [6.45, 7) is 2.01. The van der Waals surface area contributed by atoms with Gasteiger partial charge in [0, 0.05) is 55.4 Å². The van der Waals surface area contributed by atoms with Gasteiger partial charge >= 0.3 is 0 Å². The number of nitrogens with one attached hydrogen (secondary N) is 1. The number of ether oxygens (including phenoxy) is 1. The average Bonchev–Trinajstić information content (AvgIpc) is 2.85. The number of anilines is 2. The van der Waals surface area contributed by atoms with Crippen molar-refractivity contribution in [1.82, 2.24) is 19.5 Å². The van der Waals surface area contributed by atoms with Crippen LogP contribution in [0.5, 0.6) is 5.75 Å². The summed E-state index contributed by atoms with van der Waals surface area (Å²) < 4.78 is 34.3. The molecule has 10 nitrogen and oxygen atoms in total. The minimum Gasteiger partial charge on any atom is -0.470 e. The number of benzene rings is 1. The van der Waals surface area contributed by atoms with Gasteiger partial charge in [-0.2, -0.15) is 5.10 Å². The molecule has 37 heavy (non-hydrogen) atoms. The number of nitrogen functional groups attached to an aromatic ring is 1. The second-order valence-corrected chi connectivity index (χ2v) is 10.6. The number of nitrogens with zero attached hydrogens (tertiary/aromatic N) is 5. The van der Waals surface area contributed by atoms with Crippen LogP contribution in [0.4, 0.5) is 15.9 Å². The molecule has 0 amide bonds. The average molecular weight is 588 g/mol. The first kappa shape index (κ1) is 27.4. The number of hydrogen-bond acceptors (Lipinski definition) is 9. The van der Waals surface area contributed by atoms with Crippen LogP contribution >= 0.6 is 34.8 Å². The minimum atomic E-state index is -1.15. The van der Waals surface area contributed by atoms with E-state index in [-0.39, 0.29) is 54.9 Å². The van der Waals surface area contributed by atoms with E-state index >= 15 is 4.39 Å². The van der Waals surface area contributed by atoms with Crippen LogP contribution in [0.25, 0.3) is 0 Å². The van der Waals surface area contributed by atoms with Crippen molar-refractivity contribution >= 4 is 63.0 Å². The molecule has 4 rings (SSSR count). The number of aromatic nitrogens is 3. The quantitative estimate of drug-likeness (QED) is 0.216. The zero-order valence-electron chi connectivity index (χ0n) is 19.4. The maximum absolute atomic E-state index is 15.0. The molecule has 1 saturated heterocycles. The molecule has 0 saturated carbocycles. The lowest BCUT2D eigenvalue weighted by molar-refractivity contribution is 0.214. The summed E-state index contributed by atoms with van der Waals surface area (Å²) in [6.07, 6.45) is 3.13. The second-order valence-electron chi connectivity index (χ2n) is 8.05. The van der Waals surface area contributed by atoms with E-state index in [4.69, 9.17) is 56.4 Å². The smallest absolute Gasteiger partial charge is 0.178 e. The molecule has 1 unspecified atom stereocenters. The van der Waals surface area contributed by atoms with Crippen LogP contribution in [0.2, 0.25) is 15.2 Å². The Hall–Kier alpha value is -2.61. The van der Waals surface area contributed by atoms with Crippen LogP contribution in [-0.4, -0.2) is 61.8 Å². The van der Waals surface area contributed by atoms with Gasteiger partial charge in [0.1, 0.15) is 5.75 Å². The van der Waals surface area contributed by atoms with Gasteiger partial charge in [0.15, 0.2) is 23.0 Å². The van der Waals surface area contributed by atoms with Gasteiger partial charge in [-0.15, -0.1) is 5.10 Å². The lowest BCUT2D eigenvalue weighted by Crippen LogP contribution is -2.47. The fourth-order valence-corrected chi connectivity index (χ4v) is 5.23. The van der Waals surface area contributed by atoms with E-state index in [2.05, 4.69) is 15.2 Å². The molecule has 0 spiro atoms. The Labute approximate surface area is 229 Å². The lowest BCUT2D eigenvalue weighted by atomic mass is 10.0. The molecule has 1 aliphatic rings. The molecular formula is C22H22Cl3FN8O2S. The third kappa shape index (κ3) is 5.95. The van der Waals surface area contributed by atoms with Crippen LogP contribution in [0.15, 0.2) is 30.6 Å². The van der Waals surface area contributed by atoms with Gasteiger partial charge in [-0.1, -0.05) is 34.8 Å². The van der Waals surface area contributed by atoms with E-state index in [1.54, 1.807) is 15.5 Å². The summed E-state index contributed by atoms with van der Waals surface area (Å²) in [5.41, 5.74) is 12.9. The highest BCUT2D eigenvalue weighted by molar-refractivity contribution is 7.81. The van der Waals surface area contributed by atoms with Gasteiger partial charge in [-0.05, 0) is 18.2 Å². The highest BCUT2D eigenvalue weighted by atomic mass is 35.5. The Kier molecular flexibility index (Phi) is 8.46. The summed E-state index contributed by atoms with van der Waals surface area (Å²) in [4.78, 5) is 6.03. The first-order chi connectivity index (χ1) is 17.6. The van der Waals surface area contributed by atoms with Gasteiger partial charge in [-0.25, -0.2) is 17.9 Å². The van der Waals surface area contributed by atoms with E-state index in [0.29, 0.717) is 26.2 Å². The molecule has 1 fully saturated rings.